The lowest BCUT2D eigenvalue weighted by atomic mass is 9.87. The lowest BCUT2D eigenvalue weighted by molar-refractivity contribution is -0.128. The molecule has 1 N–H and O–H groups in total. The molecule has 0 aliphatic heterocycles. The minimum Gasteiger partial charge on any atom is -0.497 e. The molecule has 0 heterocycles. The highest BCUT2D eigenvalue weighted by Gasteiger charge is 2.25. The molecule has 3 rings (SSSR count). The second kappa shape index (κ2) is 8.68. The van der Waals surface area contributed by atoms with Crippen molar-refractivity contribution in [3.05, 3.63) is 58.7 Å². The van der Waals surface area contributed by atoms with Crippen molar-refractivity contribution >= 4 is 5.91 Å². The first kappa shape index (κ1) is 20.2. The summed E-state index contributed by atoms with van der Waals surface area (Å²) in [5.41, 5.74) is 4.69. The Hall–Kier alpha value is -2.49. The molecule has 28 heavy (non-hydrogen) atoms. The predicted octanol–water partition coefficient (Wildman–Crippen LogP) is 5.09. The van der Waals surface area contributed by atoms with Crippen molar-refractivity contribution in [2.45, 2.75) is 65.0 Å². The van der Waals surface area contributed by atoms with Gasteiger partial charge in [0.1, 0.15) is 11.5 Å². The summed E-state index contributed by atoms with van der Waals surface area (Å²) in [6.07, 6.45) is 2.46. The van der Waals surface area contributed by atoms with Gasteiger partial charge in [0.15, 0.2) is 6.10 Å². The largest absolute Gasteiger partial charge is 0.497 e. The molecule has 0 unspecified atom stereocenters. The van der Waals surface area contributed by atoms with Crippen LogP contribution in [0.1, 0.15) is 67.8 Å². The van der Waals surface area contributed by atoms with Crippen molar-refractivity contribution in [1.29, 1.82) is 0 Å². The van der Waals surface area contributed by atoms with E-state index >= 15 is 0 Å². The van der Waals surface area contributed by atoms with Gasteiger partial charge in [0, 0.05) is 0 Å². The van der Waals surface area contributed by atoms with E-state index in [4.69, 9.17) is 9.47 Å². The zero-order chi connectivity index (χ0) is 20.3. The molecule has 0 saturated carbocycles. The Labute approximate surface area is 168 Å². The molecule has 0 radical (unpaired) electrons. The number of ether oxygens (including phenoxy) is 2. The molecule has 1 aliphatic rings. The minimum atomic E-state index is -0.553. The quantitative estimate of drug-likeness (QED) is 0.758. The fourth-order valence-electron chi connectivity index (χ4n) is 3.82. The van der Waals surface area contributed by atoms with Crippen molar-refractivity contribution < 1.29 is 14.3 Å². The number of amides is 1. The summed E-state index contributed by atoms with van der Waals surface area (Å²) < 4.78 is 11.4. The highest BCUT2D eigenvalue weighted by atomic mass is 16.5. The molecule has 0 spiro atoms. The number of hydrogen-bond acceptors (Lipinski definition) is 3. The monoisotopic (exact) mass is 381 g/mol. The molecule has 1 aliphatic carbocycles. The van der Waals surface area contributed by atoms with Crippen molar-refractivity contribution in [3.8, 4) is 11.5 Å². The van der Waals surface area contributed by atoms with Crippen molar-refractivity contribution in [2.75, 3.05) is 7.11 Å². The fraction of sp³-hybridized carbons (Fsp3) is 0.458. The highest BCUT2D eigenvalue weighted by molar-refractivity contribution is 5.81. The van der Waals surface area contributed by atoms with E-state index in [0.29, 0.717) is 5.92 Å². The van der Waals surface area contributed by atoms with Gasteiger partial charge in [-0.15, -0.1) is 0 Å². The van der Waals surface area contributed by atoms with Gasteiger partial charge < -0.3 is 14.8 Å². The topological polar surface area (TPSA) is 47.6 Å². The van der Waals surface area contributed by atoms with Gasteiger partial charge in [-0.25, -0.2) is 0 Å². The fourth-order valence-corrected chi connectivity index (χ4v) is 3.82. The van der Waals surface area contributed by atoms with Crippen LogP contribution in [0.15, 0.2) is 36.4 Å². The second-order valence-corrected chi connectivity index (χ2v) is 7.97. The summed E-state index contributed by atoms with van der Waals surface area (Å²) in [4.78, 5) is 12.9. The van der Waals surface area contributed by atoms with Crippen molar-refractivity contribution in [2.24, 2.45) is 0 Å². The molecule has 0 aromatic heterocycles. The zero-order valence-electron chi connectivity index (χ0n) is 17.5. The number of nitrogens with one attached hydrogen (secondary N) is 1. The Bertz CT molecular complexity index is 844. The number of carbonyl (C=O) groups is 1. The average Bonchev–Trinajstić information content (AvgIpc) is 2.67. The number of carbonyl (C=O) groups excluding carboxylic acids is 1. The number of hydrogen-bond donors (Lipinski definition) is 1. The van der Waals surface area contributed by atoms with Crippen LogP contribution < -0.4 is 14.8 Å². The lowest BCUT2D eigenvalue weighted by Crippen LogP contribution is -2.39. The Morgan fingerprint density at radius 3 is 2.64 bits per heavy atom. The van der Waals surface area contributed by atoms with E-state index < -0.39 is 6.10 Å². The molecule has 4 nitrogen and oxygen atoms in total. The van der Waals surface area contributed by atoms with E-state index in [-0.39, 0.29) is 11.9 Å². The molecule has 1 amide bonds. The summed E-state index contributed by atoms with van der Waals surface area (Å²) in [5, 5.41) is 3.19. The summed E-state index contributed by atoms with van der Waals surface area (Å²) in [5.74, 6) is 1.92. The van der Waals surface area contributed by atoms with Crippen LogP contribution in [0.3, 0.4) is 0 Å². The Kier molecular flexibility index (Phi) is 6.28. The first-order valence-corrected chi connectivity index (χ1v) is 10.1. The van der Waals surface area contributed by atoms with Crippen LogP contribution in [0.25, 0.3) is 0 Å². The van der Waals surface area contributed by atoms with E-state index in [1.807, 2.05) is 26.0 Å². The SMILES string of the molecule is COc1ccc2c(c1)CCC[C@H]2NC(=O)[C@H](C)Oc1cc(C)ccc1C(C)C. The third-order valence-corrected chi connectivity index (χ3v) is 5.45. The van der Waals surface area contributed by atoms with E-state index in [9.17, 15) is 4.79 Å². The third kappa shape index (κ3) is 4.49. The van der Waals surface area contributed by atoms with Gasteiger partial charge in [0.05, 0.1) is 13.2 Å². The van der Waals surface area contributed by atoms with Gasteiger partial charge in [0.25, 0.3) is 5.91 Å². The maximum Gasteiger partial charge on any atom is 0.261 e. The maximum atomic E-state index is 12.9. The van der Waals surface area contributed by atoms with Crippen LogP contribution in [0.2, 0.25) is 0 Å². The van der Waals surface area contributed by atoms with Crippen molar-refractivity contribution in [1.82, 2.24) is 5.32 Å². The van der Waals surface area contributed by atoms with Gasteiger partial charge in [0.2, 0.25) is 0 Å². The van der Waals surface area contributed by atoms with Gasteiger partial charge in [-0.2, -0.15) is 0 Å². The normalized spacial score (nSPS) is 17.0. The van der Waals surface area contributed by atoms with E-state index in [1.54, 1.807) is 7.11 Å². The summed E-state index contributed by atoms with van der Waals surface area (Å²) in [6.45, 7) is 8.12. The Morgan fingerprint density at radius 1 is 1.14 bits per heavy atom. The van der Waals surface area contributed by atoms with Gasteiger partial charge >= 0.3 is 0 Å². The van der Waals surface area contributed by atoms with Gasteiger partial charge in [-0.1, -0.05) is 32.0 Å². The maximum absolute atomic E-state index is 12.9. The van der Waals surface area contributed by atoms with Crippen molar-refractivity contribution in [3.63, 3.8) is 0 Å². The predicted molar refractivity (Wildman–Crippen MR) is 112 cm³/mol. The molecule has 150 valence electrons. The molecule has 2 atom stereocenters. The molecule has 0 fully saturated rings. The number of rotatable bonds is 6. The standard InChI is InChI=1S/C24H31NO3/c1-15(2)20-11-9-16(3)13-23(20)28-17(4)24(26)25-22-8-6-7-18-14-19(27-5)10-12-21(18)22/h9-15,17,22H,6-8H2,1-5H3,(H,25,26)/t17-,22+/m0/s1. The van der Waals surface area contributed by atoms with Crippen LogP contribution in [-0.4, -0.2) is 19.1 Å². The first-order chi connectivity index (χ1) is 13.4. The number of methoxy groups -OCH3 is 1. The molecular weight excluding hydrogens is 350 g/mol. The Balaban J connectivity index is 1.72. The van der Waals surface area contributed by atoms with Crippen LogP contribution >= 0.6 is 0 Å². The molecule has 4 heteroatoms. The van der Waals surface area contributed by atoms with Crippen LogP contribution in [0, 0.1) is 6.92 Å². The van der Waals surface area contributed by atoms with Crippen LogP contribution in [0.5, 0.6) is 11.5 Å². The molecule has 2 aromatic rings. The number of benzene rings is 2. The smallest absolute Gasteiger partial charge is 0.261 e. The zero-order valence-corrected chi connectivity index (χ0v) is 17.5. The second-order valence-electron chi connectivity index (χ2n) is 7.97. The molecule has 2 aromatic carbocycles. The van der Waals surface area contributed by atoms with Gasteiger partial charge in [-0.3, -0.25) is 4.79 Å². The first-order valence-electron chi connectivity index (χ1n) is 10.1. The number of aryl methyl sites for hydroxylation is 2. The molecule has 0 saturated heterocycles. The minimum absolute atomic E-state index is 0.0234. The summed E-state index contributed by atoms with van der Waals surface area (Å²) in [6, 6.07) is 12.3. The molecule has 0 bridgehead atoms. The van der Waals surface area contributed by atoms with Crippen LogP contribution in [0.4, 0.5) is 0 Å². The average molecular weight is 382 g/mol. The van der Waals surface area contributed by atoms with E-state index in [0.717, 1.165) is 41.9 Å². The molecular formula is C24H31NO3. The van der Waals surface area contributed by atoms with Gasteiger partial charge in [-0.05, 0) is 79.5 Å². The Morgan fingerprint density at radius 2 is 1.93 bits per heavy atom. The van der Waals surface area contributed by atoms with E-state index in [1.165, 1.54) is 11.1 Å². The van der Waals surface area contributed by atoms with E-state index in [2.05, 4.69) is 43.4 Å². The highest BCUT2D eigenvalue weighted by Crippen LogP contribution is 2.33. The summed E-state index contributed by atoms with van der Waals surface area (Å²) in [7, 11) is 1.68. The third-order valence-electron chi connectivity index (χ3n) is 5.45. The summed E-state index contributed by atoms with van der Waals surface area (Å²) >= 11 is 0. The lowest BCUT2D eigenvalue weighted by Gasteiger charge is -2.28. The van der Waals surface area contributed by atoms with Crippen LogP contribution in [-0.2, 0) is 11.2 Å². The number of fused-ring (bicyclic) bond motifs is 1.